The van der Waals surface area contributed by atoms with Gasteiger partial charge in [-0.25, -0.2) is 4.98 Å². The maximum Gasteiger partial charge on any atom is 0.186 e. The van der Waals surface area contributed by atoms with Crippen LogP contribution in [-0.4, -0.2) is 24.1 Å². The molecule has 0 amide bonds. The Morgan fingerprint density at radius 1 is 1.38 bits per heavy atom. The van der Waals surface area contributed by atoms with Crippen LogP contribution in [0.3, 0.4) is 0 Å². The summed E-state index contributed by atoms with van der Waals surface area (Å²) in [7, 11) is 2.05. The zero-order chi connectivity index (χ0) is 11.8. The first-order chi connectivity index (χ1) is 7.54. The molecule has 4 heteroatoms. The smallest absolute Gasteiger partial charge is 0.186 e. The van der Waals surface area contributed by atoms with Gasteiger partial charge in [-0.3, -0.25) is 0 Å². The Labute approximate surface area is 99.9 Å². The van der Waals surface area contributed by atoms with Crippen LogP contribution >= 0.6 is 11.3 Å². The fraction of sp³-hybridized carbons (Fsp3) is 0.417. The van der Waals surface area contributed by atoms with E-state index in [1.807, 2.05) is 25.2 Å². The highest BCUT2D eigenvalue weighted by molar-refractivity contribution is 7.22. The second kappa shape index (κ2) is 4.03. The number of likely N-dealkylation sites (N-methyl/N-ethyl adjacent to an activating group) is 1. The van der Waals surface area contributed by atoms with E-state index in [0.717, 1.165) is 10.6 Å². The van der Waals surface area contributed by atoms with Crippen molar-refractivity contribution in [1.29, 1.82) is 0 Å². The summed E-state index contributed by atoms with van der Waals surface area (Å²) in [6, 6.07) is 8.19. The highest BCUT2D eigenvalue weighted by atomic mass is 32.1. The number of fused-ring (bicyclic) bond motifs is 1. The van der Waals surface area contributed by atoms with Crippen molar-refractivity contribution in [2.45, 2.75) is 19.4 Å². The van der Waals surface area contributed by atoms with Crippen molar-refractivity contribution in [2.24, 2.45) is 5.73 Å². The van der Waals surface area contributed by atoms with Crippen LogP contribution < -0.4 is 10.6 Å². The first-order valence-electron chi connectivity index (χ1n) is 5.34. The van der Waals surface area contributed by atoms with Crippen LogP contribution in [0.5, 0.6) is 0 Å². The van der Waals surface area contributed by atoms with Gasteiger partial charge in [0.1, 0.15) is 0 Å². The SMILES string of the molecule is CN(c1nc2ccccc2s1)C(C)(C)CN. The molecule has 2 rings (SSSR count). The van der Waals surface area contributed by atoms with Crippen LogP contribution in [0.1, 0.15) is 13.8 Å². The molecule has 0 aliphatic heterocycles. The number of hydrogen-bond donors (Lipinski definition) is 1. The molecule has 0 radical (unpaired) electrons. The Morgan fingerprint density at radius 2 is 2.06 bits per heavy atom. The number of nitrogens with two attached hydrogens (primary N) is 1. The third kappa shape index (κ3) is 1.90. The van der Waals surface area contributed by atoms with Gasteiger partial charge in [0.25, 0.3) is 0 Å². The first-order valence-corrected chi connectivity index (χ1v) is 6.16. The molecule has 0 fully saturated rings. The summed E-state index contributed by atoms with van der Waals surface area (Å²) in [5.41, 5.74) is 6.77. The summed E-state index contributed by atoms with van der Waals surface area (Å²) in [5, 5.41) is 1.02. The second-order valence-electron chi connectivity index (χ2n) is 4.54. The molecule has 1 heterocycles. The molecule has 16 heavy (non-hydrogen) atoms. The summed E-state index contributed by atoms with van der Waals surface area (Å²) in [5.74, 6) is 0. The lowest BCUT2D eigenvalue weighted by molar-refractivity contribution is 0.498. The zero-order valence-electron chi connectivity index (χ0n) is 9.90. The maximum atomic E-state index is 5.77. The molecule has 1 aromatic heterocycles. The van der Waals surface area contributed by atoms with Crippen LogP contribution in [0.15, 0.2) is 24.3 Å². The van der Waals surface area contributed by atoms with E-state index >= 15 is 0 Å². The molecule has 0 bridgehead atoms. The van der Waals surface area contributed by atoms with Crippen molar-refractivity contribution in [1.82, 2.24) is 4.98 Å². The maximum absolute atomic E-state index is 5.77. The largest absolute Gasteiger partial charge is 0.345 e. The average molecular weight is 235 g/mol. The van der Waals surface area contributed by atoms with Gasteiger partial charge >= 0.3 is 0 Å². The van der Waals surface area contributed by atoms with E-state index in [9.17, 15) is 0 Å². The molecule has 3 nitrogen and oxygen atoms in total. The molecule has 2 aromatic rings. The third-order valence-corrected chi connectivity index (χ3v) is 4.09. The lowest BCUT2D eigenvalue weighted by Gasteiger charge is -2.34. The summed E-state index contributed by atoms with van der Waals surface area (Å²) in [6.45, 7) is 4.86. The van der Waals surface area contributed by atoms with Crippen LogP contribution in [0.4, 0.5) is 5.13 Å². The van der Waals surface area contributed by atoms with Gasteiger partial charge < -0.3 is 10.6 Å². The zero-order valence-corrected chi connectivity index (χ0v) is 10.7. The number of benzene rings is 1. The van der Waals surface area contributed by atoms with E-state index < -0.39 is 0 Å². The van der Waals surface area contributed by atoms with Crippen molar-refractivity contribution in [3.05, 3.63) is 24.3 Å². The Kier molecular flexibility index (Phi) is 2.86. The van der Waals surface area contributed by atoms with Gasteiger partial charge in [0.15, 0.2) is 5.13 Å². The topological polar surface area (TPSA) is 42.2 Å². The summed E-state index contributed by atoms with van der Waals surface area (Å²) in [4.78, 5) is 6.77. The molecule has 0 atom stereocenters. The van der Waals surface area contributed by atoms with Gasteiger partial charge in [-0.05, 0) is 26.0 Å². The van der Waals surface area contributed by atoms with Gasteiger partial charge in [0.05, 0.1) is 10.2 Å². The van der Waals surface area contributed by atoms with Crippen molar-refractivity contribution in [3.63, 3.8) is 0 Å². The van der Waals surface area contributed by atoms with E-state index in [0.29, 0.717) is 6.54 Å². The number of anilines is 1. The van der Waals surface area contributed by atoms with Crippen LogP contribution in [-0.2, 0) is 0 Å². The third-order valence-electron chi connectivity index (χ3n) is 2.98. The minimum atomic E-state index is -0.0616. The van der Waals surface area contributed by atoms with Crippen LogP contribution in [0, 0.1) is 0 Å². The fourth-order valence-corrected chi connectivity index (χ4v) is 2.49. The predicted octanol–water partition coefficient (Wildman–Crippen LogP) is 2.47. The highest BCUT2D eigenvalue weighted by Crippen LogP contribution is 2.30. The summed E-state index contributed by atoms with van der Waals surface area (Å²) < 4.78 is 1.22. The minimum Gasteiger partial charge on any atom is -0.345 e. The lowest BCUT2D eigenvalue weighted by Crippen LogP contribution is -2.47. The van der Waals surface area contributed by atoms with Gasteiger partial charge in [0, 0.05) is 19.1 Å². The molecular weight excluding hydrogens is 218 g/mol. The summed E-state index contributed by atoms with van der Waals surface area (Å²) >= 11 is 1.71. The number of thiazole rings is 1. The van der Waals surface area contributed by atoms with Crippen molar-refractivity contribution in [2.75, 3.05) is 18.5 Å². The van der Waals surface area contributed by atoms with Gasteiger partial charge in [0.2, 0.25) is 0 Å². The Morgan fingerprint density at radius 3 is 2.69 bits per heavy atom. The van der Waals surface area contributed by atoms with E-state index in [-0.39, 0.29) is 5.54 Å². The molecule has 0 saturated carbocycles. The molecule has 1 aromatic carbocycles. The number of aromatic nitrogens is 1. The van der Waals surface area contributed by atoms with Gasteiger partial charge in [-0.1, -0.05) is 23.5 Å². The number of hydrogen-bond acceptors (Lipinski definition) is 4. The molecule has 0 spiro atoms. The Hall–Kier alpha value is -1.13. The predicted molar refractivity (Wildman–Crippen MR) is 71.2 cm³/mol. The highest BCUT2D eigenvalue weighted by Gasteiger charge is 2.24. The minimum absolute atomic E-state index is 0.0616. The fourth-order valence-electron chi connectivity index (χ4n) is 1.40. The van der Waals surface area contributed by atoms with Crippen LogP contribution in [0.2, 0.25) is 0 Å². The molecule has 0 aliphatic carbocycles. The van der Waals surface area contributed by atoms with E-state index in [1.54, 1.807) is 11.3 Å². The Bertz CT molecular complexity index is 457. The van der Waals surface area contributed by atoms with E-state index in [2.05, 4.69) is 29.8 Å². The second-order valence-corrected chi connectivity index (χ2v) is 5.55. The number of para-hydroxylation sites is 1. The lowest BCUT2D eigenvalue weighted by atomic mass is 10.1. The van der Waals surface area contributed by atoms with Gasteiger partial charge in [-0.15, -0.1) is 0 Å². The molecule has 0 unspecified atom stereocenters. The molecule has 0 aliphatic rings. The van der Waals surface area contributed by atoms with E-state index in [4.69, 9.17) is 5.73 Å². The number of nitrogens with zero attached hydrogens (tertiary/aromatic N) is 2. The quantitative estimate of drug-likeness (QED) is 0.888. The van der Waals surface area contributed by atoms with Gasteiger partial charge in [-0.2, -0.15) is 0 Å². The normalized spacial score (nSPS) is 12.0. The molecule has 2 N–H and O–H groups in total. The summed E-state index contributed by atoms with van der Waals surface area (Å²) in [6.07, 6.45) is 0. The van der Waals surface area contributed by atoms with E-state index in [1.165, 1.54) is 4.70 Å². The monoisotopic (exact) mass is 235 g/mol. The average Bonchev–Trinajstić information content (AvgIpc) is 2.71. The molecule has 86 valence electrons. The van der Waals surface area contributed by atoms with Crippen molar-refractivity contribution < 1.29 is 0 Å². The number of rotatable bonds is 3. The first kappa shape index (κ1) is 11.4. The standard InChI is InChI=1S/C12H17N3S/c1-12(2,8-13)15(3)11-14-9-6-4-5-7-10(9)16-11/h4-7H,8,13H2,1-3H3. The Balaban J connectivity index is 2.40. The molecular formula is C12H17N3S. The molecule has 0 saturated heterocycles. The van der Waals surface area contributed by atoms with Crippen molar-refractivity contribution >= 4 is 26.7 Å². The van der Waals surface area contributed by atoms with Crippen molar-refractivity contribution in [3.8, 4) is 0 Å². The van der Waals surface area contributed by atoms with Crippen LogP contribution in [0.25, 0.3) is 10.2 Å².